The molecule has 0 spiro atoms. The third kappa shape index (κ3) is 4.97. The fourth-order valence-corrected chi connectivity index (χ4v) is 4.50. The highest BCUT2D eigenvalue weighted by molar-refractivity contribution is 6.09. The fraction of sp³-hybridized carbons (Fsp3) is 0.129. The number of para-hydroxylation sites is 1. The number of nitrogens with one attached hydrogen (secondary N) is 1. The van der Waals surface area contributed by atoms with Gasteiger partial charge in [0.05, 0.1) is 22.8 Å². The quantitative estimate of drug-likeness (QED) is 0.301. The Kier molecular flexibility index (Phi) is 6.62. The van der Waals surface area contributed by atoms with Gasteiger partial charge in [-0.2, -0.15) is 0 Å². The summed E-state index contributed by atoms with van der Waals surface area (Å²) in [5.41, 5.74) is 6.52. The van der Waals surface area contributed by atoms with Crippen LogP contribution < -0.4 is 5.32 Å². The first-order chi connectivity index (χ1) is 17.2. The number of carbonyl (C=O) groups excluding carboxylic acids is 1. The highest BCUT2D eigenvalue weighted by Crippen LogP contribution is 2.32. The van der Waals surface area contributed by atoms with Gasteiger partial charge in [-0.3, -0.25) is 9.78 Å². The van der Waals surface area contributed by atoms with Crippen LogP contribution in [0.5, 0.6) is 0 Å². The Morgan fingerprint density at radius 2 is 1.54 bits per heavy atom. The molecule has 5 aromatic rings. The Balaban J connectivity index is 1.64. The molecule has 1 unspecified atom stereocenters. The van der Waals surface area contributed by atoms with Crippen molar-refractivity contribution in [3.63, 3.8) is 0 Å². The van der Waals surface area contributed by atoms with Crippen molar-refractivity contribution in [3.8, 4) is 11.3 Å². The summed E-state index contributed by atoms with van der Waals surface area (Å²) in [6.07, 6.45) is 5.10. The number of amides is 1. The van der Waals surface area contributed by atoms with Crippen LogP contribution in [-0.2, 0) is 12.8 Å². The number of benzene rings is 3. The second-order valence-corrected chi connectivity index (χ2v) is 8.66. The molecule has 1 amide bonds. The maximum atomic E-state index is 13.9. The molecule has 172 valence electrons. The molecule has 0 saturated heterocycles. The van der Waals surface area contributed by atoms with Crippen LogP contribution in [-0.4, -0.2) is 15.9 Å². The van der Waals surface area contributed by atoms with E-state index < -0.39 is 0 Å². The fourth-order valence-electron chi connectivity index (χ4n) is 4.50. The number of hydrogen-bond donors (Lipinski definition) is 1. The molecule has 0 fully saturated rings. The van der Waals surface area contributed by atoms with Gasteiger partial charge in [-0.05, 0) is 48.6 Å². The van der Waals surface area contributed by atoms with E-state index in [0.29, 0.717) is 12.0 Å². The smallest absolute Gasteiger partial charge is 0.252 e. The predicted molar refractivity (Wildman–Crippen MR) is 141 cm³/mol. The second kappa shape index (κ2) is 10.3. The number of rotatable bonds is 7. The molecule has 4 heteroatoms. The molecular weight excluding hydrogens is 430 g/mol. The molecule has 2 aromatic heterocycles. The molecule has 3 aromatic carbocycles. The monoisotopic (exact) mass is 457 g/mol. The lowest BCUT2D eigenvalue weighted by atomic mass is 9.92. The third-order valence-corrected chi connectivity index (χ3v) is 6.30. The van der Waals surface area contributed by atoms with Crippen LogP contribution in [0, 0.1) is 0 Å². The maximum absolute atomic E-state index is 13.9. The van der Waals surface area contributed by atoms with Crippen LogP contribution in [0.1, 0.15) is 40.0 Å². The molecule has 2 heterocycles. The summed E-state index contributed by atoms with van der Waals surface area (Å²) in [6, 6.07) is 32.0. The van der Waals surface area contributed by atoms with E-state index in [0.717, 1.165) is 45.3 Å². The molecule has 1 N–H and O–H groups in total. The minimum Gasteiger partial charge on any atom is -0.345 e. The first-order valence-corrected chi connectivity index (χ1v) is 11.9. The van der Waals surface area contributed by atoms with Crippen molar-refractivity contribution in [1.82, 2.24) is 15.3 Å². The number of carbonyl (C=O) groups is 1. The third-order valence-electron chi connectivity index (χ3n) is 6.30. The van der Waals surface area contributed by atoms with Gasteiger partial charge in [0.1, 0.15) is 0 Å². The van der Waals surface area contributed by atoms with E-state index in [1.54, 1.807) is 6.20 Å². The van der Waals surface area contributed by atoms with E-state index in [1.165, 1.54) is 0 Å². The van der Waals surface area contributed by atoms with Crippen LogP contribution >= 0.6 is 0 Å². The molecule has 0 radical (unpaired) electrons. The summed E-state index contributed by atoms with van der Waals surface area (Å²) in [5.74, 6) is -0.0849. The average molecular weight is 458 g/mol. The Morgan fingerprint density at radius 1 is 0.829 bits per heavy atom. The van der Waals surface area contributed by atoms with Crippen molar-refractivity contribution < 1.29 is 4.79 Å². The highest BCUT2D eigenvalue weighted by Gasteiger charge is 2.23. The van der Waals surface area contributed by atoms with Crippen LogP contribution in [0.2, 0.25) is 0 Å². The van der Waals surface area contributed by atoms with E-state index >= 15 is 0 Å². The normalized spacial score (nSPS) is 11.8. The van der Waals surface area contributed by atoms with Gasteiger partial charge in [0.15, 0.2) is 0 Å². The molecule has 0 aliphatic rings. The van der Waals surface area contributed by atoms with Crippen molar-refractivity contribution in [3.05, 3.63) is 132 Å². The number of nitrogens with zero attached hydrogens (tertiary/aromatic N) is 2. The molecule has 0 bridgehead atoms. The number of hydrogen-bond acceptors (Lipinski definition) is 3. The number of pyridine rings is 2. The van der Waals surface area contributed by atoms with Gasteiger partial charge in [-0.1, -0.05) is 84.9 Å². The first-order valence-electron chi connectivity index (χ1n) is 11.9. The van der Waals surface area contributed by atoms with Crippen molar-refractivity contribution >= 4 is 16.8 Å². The summed E-state index contributed by atoms with van der Waals surface area (Å²) >= 11 is 0. The standard InChI is InChI=1S/C31H27N3O/c1-22(24-12-4-2-5-13-24)33-31(35)29-26-16-8-9-17-28(26)34-30(25-14-6-3-7-15-25)27(29)19-18-23-11-10-20-32-21-23/h2-17,20-22H,18-19H2,1H3,(H,33,35). The Hall–Kier alpha value is -4.31. The molecule has 35 heavy (non-hydrogen) atoms. The highest BCUT2D eigenvalue weighted by atomic mass is 16.1. The van der Waals surface area contributed by atoms with Gasteiger partial charge in [-0.15, -0.1) is 0 Å². The lowest BCUT2D eigenvalue weighted by molar-refractivity contribution is 0.0940. The first kappa shape index (κ1) is 22.5. The molecule has 1 atom stereocenters. The number of fused-ring (bicyclic) bond motifs is 1. The number of aryl methyl sites for hydroxylation is 1. The van der Waals surface area contributed by atoms with E-state index in [2.05, 4.69) is 28.5 Å². The zero-order chi connectivity index (χ0) is 24.0. The van der Waals surface area contributed by atoms with Crippen LogP contribution in [0.3, 0.4) is 0 Å². The minimum atomic E-state index is -0.123. The Morgan fingerprint density at radius 3 is 2.29 bits per heavy atom. The molecule has 0 saturated carbocycles. The second-order valence-electron chi connectivity index (χ2n) is 8.66. The van der Waals surface area contributed by atoms with E-state index in [9.17, 15) is 4.79 Å². The molecule has 4 nitrogen and oxygen atoms in total. The van der Waals surface area contributed by atoms with Crippen LogP contribution in [0.15, 0.2) is 109 Å². The van der Waals surface area contributed by atoms with Gasteiger partial charge < -0.3 is 5.32 Å². The van der Waals surface area contributed by atoms with E-state index in [4.69, 9.17) is 4.98 Å². The minimum absolute atomic E-state index is 0.0849. The van der Waals surface area contributed by atoms with Crippen molar-refractivity contribution in [1.29, 1.82) is 0 Å². The van der Waals surface area contributed by atoms with Crippen molar-refractivity contribution in [2.24, 2.45) is 0 Å². The SMILES string of the molecule is CC(NC(=O)c1c(CCc2cccnc2)c(-c2ccccc2)nc2ccccc12)c1ccccc1. The molecule has 0 aliphatic carbocycles. The summed E-state index contributed by atoms with van der Waals surface area (Å²) in [5, 5.41) is 4.11. The lowest BCUT2D eigenvalue weighted by Gasteiger charge is -2.20. The topological polar surface area (TPSA) is 54.9 Å². The lowest BCUT2D eigenvalue weighted by Crippen LogP contribution is -2.28. The predicted octanol–water partition coefficient (Wildman–Crippen LogP) is 6.57. The van der Waals surface area contributed by atoms with Gasteiger partial charge in [0.2, 0.25) is 0 Å². The molecule has 5 rings (SSSR count). The Bertz CT molecular complexity index is 1430. The van der Waals surface area contributed by atoms with Crippen molar-refractivity contribution in [2.75, 3.05) is 0 Å². The Labute approximate surface area is 205 Å². The van der Waals surface area contributed by atoms with Gasteiger partial charge in [-0.25, -0.2) is 4.98 Å². The van der Waals surface area contributed by atoms with Crippen LogP contribution in [0.25, 0.3) is 22.2 Å². The zero-order valence-corrected chi connectivity index (χ0v) is 19.7. The largest absolute Gasteiger partial charge is 0.345 e. The molecule has 0 aliphatic heterocycles. The van der Waals surface area contributed by atoms with E-state index in [1.807, 2.05) is 92.0 Å². The number of aromatic nitrogens is 2. The van der Waals surface area contributed by atoms with Gasteiger partial charge in [0, 0.05) is 23.3 Å². The van der Waals surface area contributed by atoms with Gasteiger partial charge >= 0.3 is 0 Å². The molecular formula is C31H27N3O. The maximum Gasteiger partial charge on any atom is 0.252 e. The van der Waals surface area contributed by atoms with Crippen LogP contribution in [0.4, 0.5) is 0 Å². The summed E-state index contributed by atoms with van der Waals surface area (Å²) in [7, 11) is 0. The summed E-state index contributed by atoms with van der Waals surface area (Å²) in [6.45, 7) is 2.02. The van der Waals surface area contributed by atoms with Gasteiger partial charge in [0.25, 0.3) is 5.91 Å². The zero-order valence-electron chi connectivity index (χ0n) is 19.7. The summed E-state index contributed by atoms with van der Waals surface area (Å²) < 4.78 is 0. The average Bonchev–Trinajstić information content (AvgIpc) is 2.92. The summed E-state index contributed by atoms with van der Waals surface area (Å²) in [4.78, 5) is 23.2. The van der Waals surface area contributed by atoms with E-state index in [-0.39, 0.29) is 11.9 Å². The van der Waals surface area contributed by atoms with Crippen molar-refractivity contribution in [2.45, 2.75) is 25.8 Å².